The van der Waals surface area contributed by atoms with Crippen molar-refractivity contribution in [3.05, 3.63) is 46.7 Å². The molecule has 0 aliphatic rings. The second-order valence-electron chi connectivity index (χ2n) is 4.05. The summed E-state index contributed by atoms with van der Waals surface area (Å²) in [7, 11) is 0. The highest BCUT2D eigenvalue weighted by molar-refractivity contribution is 5.94. The minimum atomic E-state index is -0.739. The maximum absolute atomic E-state index is 12.1. The van der Waals surface area contributed by atoms with Crippen LogP contribution in [0.15, 0.2) is 39.7 Å². The molecule has 3 rings (SSSR count). The van der Waals surface area contributed by atoms with Gasteiger partial charge in [-0.15, -0.1) is 0 Å². The molecule has 3 aromatic rings. The lowest BCUT2D eigenvalue weighted by Crippen LogP contribution is -2.24. The van der Waals surface area contributed by atoms with E-state index < -0.39 is 11.7 Å². The standard InChI is InChI=1S/C12H10N4O3/c13-8-2-1-3-9-11(8)19-12(18)16(9)10(17)6-7-4-5-14-15-7/h1-5H,6,13H2,(H,14,15). The number of aromatic amines is 1. The third-order valence-electron chi connectivity index (χ3n) is 2.79. The summed E-state index contributed by atoms with van der Waals surface area (Å²) in [4.78, 5) is 23.9. The Kier molecular flexibility index (Phi) is 2.45. The summed E-state index contributed by atoms with van der Waals surface area (Å²) in [5, 5.41) is 6.41. The molecule has 2 heterocycles. The van der Waals surface area contributed by atoms with E-state index in [0.717, 1.165) is 4.57 Å². The number of oxazole rings is 1. The van der Waals surface area contributed by atoms with E-state index in [1.54, 1.807) is 24.3 Å². The lowest BCUT2D eigenvalue weighted by Gasteiger charge is -1.99. The number of para-hydroxylation sites is 1. The van der Waals surface area contributed by atoms with Gasteiger partial charge in [-0.2, -0.15) is 5.10 Å². The fraction of sp³-hybridized carbons (Fsp3) is 0.0833. The van der Waals surface area contributed by atoms with Crippen LogP contribution in [0.1, 0.15) is 10.5 Å². The molecule has 0 aliphatic heterocycles. The monoisotopic (exact) mass is 258 g/mol. The van der Waals surface area contributed by atoms with Gasteiger partial charge < -0.3 is 10.2 Å². The van der Waals surface area contributed by atoms with Crippen molar-refractivity contribution in [2.45, 2.75) is 6.42 Å². The Labute approximate surface area is 106 Å². The molecule has 96 valence electrons. The second-order valence-corrected chi connectivity index (χ2v) is 4.05. The number of nitrogens with one attached hydrogen (secondary N) is 1. The number of H-pyrrole nitrogens is 1. The van der Waals surface area contributed by atoms with Crippen LogP contribution in [0.4, 0.5) is 5.69 Å². The summed E-state index contributed by atoms with van der Waals surface area (Å²) < 4.78 is 5.98. The van der Waals surface area contributed by atoms with Crippen LogP contribution in [0.25, 0.3) is 11.1 Å². The molecule has 2 aromatic heterocycles. The van der Waals surface area contributed by atoms with E-state index in [9.17, 15) is 9.59 Å². The Morgan fingerprint density at radius 2 is 2.26 bits per heavy atom. The maximum Gasteiger partial charge on any atom is 0.426 e. The number of nitrogens with two attached hydrogens (primary N) is 1. The van der Waals surface area contributed by atoms with Crippen LogP contribution < -0.4 is 11.5 Å². The molecule has 7 nitrogen and oxygen atoms in total. The molecule has 0 radical (unpaired) electrons. The van der Waals surface area contributed by atoms with Gasteiger partial charge >= 0.3 is 5.76 Å². The Bertz CT molecular complexity index is 798. The topological polar surface area (TPSA) is 107 Å². The van der Waals surface area contributed by atoms with E-state index in [-0.39, 0.29) is 12.0 Å². The third-order valence-corrected chi connectivity index (χ3v) is 2.79. The normalized spacial score (nSPS) is 10.9. The Hall–Kier alpha value is -2.83. The number of hydrogen-bond acceptors (Lipinski definition) is 5. The first kappa shape index (κ1) is 11.3. The number of hydrogen-bond donors (Lipinski definition) is 2. The van der Waals surface area contributed by atoms with Crippen LogP contribution in [-0.4, -0.2) is 20.7 Å². The minimum Gasteiger partial charge on any atom is -0.405 e. The summed E-state index contributed by atoms with van der Waals surface area (Å²) in [6.07, 6.45) is 1.57. The maximum atomic E-state index is 12.1. The number of benzene rings is 1. The largest absolute Gasteiger partial charge is 0.426 e. The van der Waals surface area contributed by atoms with Crippen molar-refractivity contribution < 1.29 is 9.21 Å². The second kappa shape index (κ2) is 4.13. The van der Waals surface area contributed by atoms with Gasteiger partial charge in [-0.3, -0.25) is 9.89 Å². The first-order valence-corrected chi connectivity index (χ1v) is 5.58. The van der Waals surface area contributed by atoms with Gasteiger partial charge in [-0.1, -0.05) is 6.07 Å². The van der Waals surface area contributed by atoms with Crippen LogP contribution in [0.5, 0.6) is 0 Å². The summed E-state index contributed by atoms with van der Waals surface area (Å²) in [6.45, 7) is 0. The van der Waals surface area contributed by atoms with Crippen molar-refractivity contribution in [3.63, 3.8) is 0 Å². The van der Waals surface area contributed by atoms with Gasteiger partial charge in [-0.05, 0) is 18.2 Å². The third kappa shape index (κ3) is 1.81. The summed E-state index contributed by atoms with van der Waals surface area (Å²) in [6, 6.07) is 6.54. The smallest absolute Gasteiger partial charge is 0.405 e. The molecule has 0 unspecified atom stereocenters. The van der Waals surface area contributed by atoms with Gasteiger partial charge in [-0.25, -0.2) is 9.36 Å². The SMILES string of the molecule is Nc1cccc2c1oc(=O)n2C(=O)Cc1ccn[nH]1. The molecule has 0 saturated carbocycles. The molecule has 0 saturated heterocycles. The van der Waals surface area contributed by atoms with Gasteiger partial charge in [0.25, 0.3) is 0 Å². The average molecular weight is 258 g/mol. The fourth-order valence-corrected chi connectivity index (χ4v) is 1.92. The summed E-state index contributed by atoms with van der Waals surface area (Å²) in [5.74, 6) is -1.14. The lowest BCUT2D eigenvalue weighted by molar-refractivity contribution is 0.0909. The average Bonchev–Trinajstić information content (AvgIpc) is 2.96. The molecule has 19 heavy (non-hydrogen) atoms. The molecule has 0 aliphatic carbocycles. The molecule has 0 bridgehead atoms. The predicted octanol–water partition coefficient (Wildman–Crippen LogP) is 0.783. The first-order valence-electron chi connectivity index (χ1n) is 5.58. The van der Waals surface area contributed by atoms with Crippen LogP contribution in [-0.2, 0) is 6.42 Å². The van der Waals surface area contributed by atoms with Gasteiger partial charge in [0.1, 0.15) is 5.52 Å². The van der Waals surface area contributed by atoms with Crippen molar-refractivity contribution in [2.75, 3.05) is 5.73 Å². The van der Waals surface area contributed by atoms with E-state index in [0.29, 0.717) is 16.9 Å². The predicted molar refractivity (Wildman–Crippen MR) is 67.8 cm³/mol. The lowest BCUT2D eigenvalue weighted by atomic mass is 10.2. The van der Waals surface area contributed by atoms with Gasteiger partial charge in [0.15, 0.2) is 5.58 Å². The van der Waals surface area contributed by atoms with E-state index in [1.807, 2.05) is 0 Å². The number of rotatable bonds is 2. The highest BCUT2D eigenvalue weighted by Crippen LogP contribution is 2.19. The minimum absolute atomic E-state index is 0.0311. The van der Waals surface area contributed by atoms with E-state index in [2.05, 4.69) is 10.2 Å². The number of nitrogen functional groups attached to an aromatic ring is 1. The van der Waals surface area contributed by atoms with Crippen molar-refractivity contribution >= 4 is 22.7 Å². The molecule has 7 heteroatoms. The summed E-state index contributed by atoms with van der Waals surface area (Å²) in [5.41, 5.74) is 7.24. The number of nitrogens with zero attached hydrogens (tertiary/aromatic N) is 2. The van der Waals surface area contributed by atoms with Gasteiger partial charge in [0, 0.05) is 11.9 Å². The molecule has 0 atom stereocenters. The van der Waals surface area contributed by atoms with Crippen LogP contribution in [0.3, 0.4) is 0 Å². The van der Waals surface area contributed by atoms with Crippen LogP contribution in [0, 0.1) is 0 Å². The van der Waals surface area contributed by atoms with Crippen molar-refractivity contribution in [1.29, 1.82) is 0 Å². The first-order chi connectivity index (χ1) is 9.16. The number of fused-ring (bicyclic) bond motifs is 1. The van der Waals surface area contributed by atoms with Crippen molar-refractivity contribution in [1.82, 2.24) is 14.8 Å². The summed E-state index contributed by atoms with van der Waals surface area (Å²) >= 11 is 0. The quantitative estimate of drug-likeness (QED) is 0.660. The Balaban J connectivity index is 2.10. The molecular formula is C12H10N4O3. The number of carbonyl (C=O) groups excluding carboxylic acids is 1. The van der Waals surface area contributed by atoms with Crippen LogP contribution in [0.2, 0.25) is 0 Å². The zero-order valence-electron chi connectivity index (χ0n) is 9.79. The molecular weight excluding hydrogens is 248 g/mol. The molecule has 0 amide bonds. The fourth-order valence-electron chi connectivity index (χ4n) is 1.92. The number of anilines is 1. The van der Waals surface area contributed by atoms with Crippen LogP contribution >= 0.6 is 0 Å². The number of aromatic nitrogens is 3. The van der Waals surface area contributed by atoms with E-state index in [4.69, 9.17) is 10.2 Å². The van der Waals surface area contributed by atoms with Gasteiger partial charge in [0.05, 0.1) is 12.1 Å². The van der Waals surface area contributed by atoms with E-state index >= 15 is 0 Å². The Morgan fingerprint density at radius 1 is 1.42 bits per heavy atom. The van der Waals surface area contributed by atoms with Gasteiger partial charge in [0.2, 0.25) is 5.91 Å². The highest BCUT2D eigenvalue weighted by Gasteiger charge is 2.17. The molecule has 3 N–H and O–H groups in total. The van der Waals surface area contributed by atoms with Crippen molar-refractivity contribution in [3.8, 4) is 0 Å². The molecule has 0 spiro atoms. The zero-order valence-corrected chi connectivity index (χ0v) is 9.79. The Morgan fingerprint density at radius 3 is 3.00 bits per heavy atom. The van der Waals surface area contributed by atoms with E-state index in [1.165, 1.54) is 6.20 Å². The van der Waals surface area contributed by atoms with Crippen molar-refractivity contribution in [2.24, 2.45) is 0 Å². The zero-order chi connectivity index (χ0) is 13.4. The number of carbonyl (C=O) groups is 1. The highest BCUT2D eigenvalue weighted by atomic mass is 16.4. The molecule has 1 aromatic carbocycles. The molecule has 0 fully saturated rings.